The minimum atomic E-state index is 0.615. The summed E-state index contributed by atoms with van der Waals surface area (Å²) in [5.41, 5.74) is 0. The van der Waals surface area contributed by atoms with Gasteiger partial charge < -0.3 is 10.2 Å². The van der Waals surface area contributed by atoms with Gasteiger partial charge in [0.1, 0.15) is 0 Å². The maximum Gasteiger partial charge on any atom is 0.0310 e. The molecular weight excluding hydrogens is 208 g/mol. The van der Waals surface area contributed by atoms with Crippen LogP contribution in [0.5, 0.6) is 0 Å². The van der Waals surface area contributed by atoms with E-state index in [9.17, 15) is 0 Å². The first-order chi connectivity index (χ1) is 7.09. The summed E-state index contributed by atoms with van der Waals surface area (Å²) in [5.74, 6) is 0. The van der Waals surface area contributed by atoms with Crippen molar-refractivity contribution < 1.29 is 0 Å². The van der Waals surface area contributed by atoms with Gasteiger partial charge in [-0.1, -0.05) is 18.2 Å². The Morgan fingerprint density at radius 3 is 2.80 bits per heavy atom. The first kappa shape index (κ1) is 13.0. The maximum atomic E-state index is 5.75. The lowest BCUT2D eigenvalue weighted by atomic mass is 10.1. The van der Waals surface area contributed by atoms with Gasteiger partial charge in [-0.2, -0.15) is 0 Å². The fourth-order valence-corrected chi connectivity index (χ4v) is 2.17. The number of hydrogen-bond donors (Lipinski definition) is 1. The lowest BCUT2D eigenvalue weighted by Crippen LogP contribution is -2.34. The van der Waals surface area contributed by atoms with Crippen LogP contribution in [0.1, 0.15) is 33.1 Å². The SMILES string of the molecule is C=C(Cl)CNC1CCCN(C(C)C)CC1. The van der Waals surface area contributed by atoms with Gasteiger partial charge in [-0.05, 0) is 46.2 Å². The predicted molar refractivity (Wildman–Crippen MR) is 67.3 cm³/mol. The van der Waals surface area contributed by atoms with E-state index in [4.69, 9.17) is 11.6 Å². The minimum Gasteiger partial charge on any atom is -0.309 e. The standard InChI is InChI=1S/C12H23ClN2/c1-10(2)15-7-4-5-12(6-8-15)14-9-11(3)13/h10,12,14H,3-9H2,1-2H3. The normalized spacial score (nSPS) is 24.1. The van der Waals surface area contributed by atoms with Gasteiger partial charge in [-0.3, -0.25) is 0 Å². The Balaban J connectivity index is 2.29. The van der Waals surface area contributed by atoms with E-state index in [1.165, 1.54) is 32.4 Å². The van der Waals surface area contributed by atoms with Gasteiger partial charge >= 0.3 is 0 Å². The zero-order valence-corrected chi connectivity index (χ0v) is 10.7. The smallest absolute Gasteiger partial charge is 0.0310 e. The Hall–Kier alpha value is -0.0500. The summed E-state index contributed by atoms with van der Waals surface area (Å²) in [4.78, 5) is 2.55. The summed E-state index contributed by atoms with van der Waals surface area (Å²) in [6.45, 7) is 11.4. The molecule has 0 spiro atoms. The molecule has 3 heteroatoms. The number of nitrogens with zero attached hydrogens (tertiary/aromatic N) is 1. The quantitative estimate of drug-likeness (QED) is 0.799. The Labute approximate surface area is 98.7 Å². The number of rotatable bonds is 4. The van der Waals surface area contributed by atoms with Gasteiger partial charge in [0.05, 0.1) is 0 Å². The summed E-state index contributed by atoms with van der Waals surface area (Å²) in [5, 5.41) is 4.17. The van der Waals surface area contributed by atoms with E-state index < -0.39 is 0 Å². The van der Waals surface area contributed by atoms with Gasteiger partial charge in [0, 0.05) is 23.7 Å². The maximum absolute atomic E-state index is 5.75. The number of hydrogen-bond acceptors (Lipinski definition) is 2. The summed E-state index contributed by atoms with van der Waals surface area (Å²) >= 11 is 5.75. The van der Waals surface area contributed by atoms with Crippen molar-refractivity contribution in [2.75, 3.05) is 19.6 Å². The molecule has 88 valence electrons. The topological polar surface area (TPSA) is 15.3 Å². The fraction of sp³-hybridized carbons (Fsp3) is 0.833. The highest BCUT2D eigenvalue weighted by Crippen LogP contribution is 2.13. The summed E-state index contributed by atoms with van der Waals surface area (Å²) < 4.78 is 0. The first-order valence-electron chi connectivity index (χ1n) is 5.90. The van der Waals surface area contributed by atoms with Gasteiger partial charge in [-0.25, -0.2) is 0 Å². The fourth-order valence-electron chi connectivity index (χ4n) is 2.09. The lowest BCUT2D eigenvalue weighted by Gasteiger charge is -2.24. The molecule has 0 aromatic carbocycles. The predicted octanol–water partition coefficient (Wildman–Crippen LogP) is 2.59. The van der Waals surface area contributed by atoms with Crippen LogP contribution < -0.4 is 5.32 Å². The van der Waals surface area contributed by atoms with Crippen LogP contribution in [-0.4, -0.2) is 36.6 Å². The molecule has 0 amide bonds. The lowest BCUT2D eigenvalue weighted by molar-refractivity contribution is 0.229. The van der Waals surface area contributed by atoms with Crippen molar-refractivity contribution in [3.63, 3.8) is 0 Å². The molecule has 0 aromatic rings. The molecule has 0 aliphatic carbocycles. The van der Waals surface area contributed by atoms with Crippen molar-refractivity contribution >= 4 is 11.6 Å². The number of likely N-dealkylation sites (tertiary alicyclic amines) is 1. The molecule has 1 aliphatic rings. The Kier molecular flexibility index (Phi) is 5.65. The molecule has 1 saturated heterocycles. The molecule has 1 fully saturated rings. The second-order valence-corrected chi connectivity index (χ2v) is 5.19. The van der Waals surface area contributed by atoms with Crippen molar-refractivity contribution in [2.24, 2.45) is 0 Å². The van der Waals surface area contributed by atoms with E-state index in [2.05, 4.69) is 30.6 Å². The van der Waals surface area contributed by atoms with Crippen LogP contribution in [0.4, 0.5) is 0 Å². The van der Waals surface area contributed by atoms with Gasteiger partial charge in [-0.15, -0.1) is 0 Å². The third-order valence-corrected chi connectivity index (χ3v) is 3.21. The van der Waals surface area contributed by atoms with Crippen molar-refractivity contribution in [3.8, 4) is 0 Å². The van der Waals surface area contributed by atoms with Gasteiger partial charge in [0.2, 0.25) is 0 Å². The molecule has 0 radical (unpaired) electrons. The molecular formula is C12H23ClN2. The second-order valence-electron chi connectivity index (χ2n) is 4.66. The van der Waals surface area contributed by atoms with Crippen molar-refractivity contribution in [1.82, 2.24) is 10.2 Å². The highest BCUT2D eigenvalue weighted by Gasteiger charge is 2.17. The van der Waals surface area contributed by atoms with Gasteiger partial charge in [0.15, 0.2) is 0 Å². The van der Waals surface area contributed by atoms with E-state index in [-0.39, 0.29) is 0 Å². The molecule has 1 aliphatic heterocycles. The van der Waals surface area contributed by atoms with Crippen LogP contribution in [0.15, 0.2) is 11.6 Å². The average Bonchev–Trinajstić information content (AvgIpc) is 2.39. The van der Waals surface area contributed by atoms with Crippen LogP contribution in [0, 0.1) is 0 Å². The van der Waals surface area contributed by atoms with Crippen LogP contribution in [-0.2, 0) is 0 Å². The number of halogens is 1. The van der Waals surface area contributed by atoms with Crippen LogP contribution >= 0.6 is 11.6 Å². The molecule has 1 N–H and O–H groups in total. The molecule has 0 bridgehead atoms. The molecule has 2 nitrogen and oxygen atoms in total. The summed E-state index contributed by atoms with van der Waals surface area (Å²) in [7, 11) is 0. The second kappa shape index (κ2) is 6.51. The summed E-state index contributed by atoms with van der Waals surface area (Å²) in [6.07, 6.45) is 3.76. The van der Waals surface area contributed by atoms with Crippen molar-refractivity contribution in [2.45, 2.75) is 45.2 Å². The molecule has 1 rings (SSSR count). The molecule has 0 saturated carbocycles. The third-order valence-electron chi connectivity index (χ3n) is 3.08. The van der Waals surface area contributed by atoms with Gasteiger partial charge in [0.25, 0.3) is 0 Å². The largest absolute Gasteiger partial charge is 0.309 e. The van der Waals surface area contributed by atoms with E-state index in [0.717, 1.165) is 6.54 Å². The van der Waals surface area contributed by atoms with E-state index >= 15 is 0 Å². The van der Waals surface area contributed by atoms with Crippen LogP contribution in [0.25, 0.3) is 0 Å². The molecule has 0 aromatic heterocycles. The van der Waals surface area contributed by atoms with Crippen LogP contribution in [0.3, 0.4) is 0 Å². The Bertz CT molecular complexity index is 204. The Morgan fingerprint density at radius 1 is 1.47 bits per heavy atom. The highest BCUT2D eigenvalue weighted by molar-refractivity contribution is 6.29. The third kappa shape index (κ3) is 5.01. The van der Waals surface area contributed by atoms with E-state index in [1.807, 2.05) is 0 Å². The Morgan fingerprint density at radius 2 is 2.20 bits per heavy atom. The van der Waals surface area contributed by atoms with Crippen molar-refractivity contribution in [1.29, 1.82) is 0 Å². The van der Waals surface area contributed by atoms with Crippen molar-refractivity contribution in [3.05, 3.63) is 11.6 Å². The average molecular weight is 231 g/mol. The molecule has 1 heterocycles. The number of nitrogens with one attached hydrogen (secondary N) is 1. The minimum absolute atomic E-state index is 0.615. The summed E-state index contributed by atoms with van der Waals surface area (Å²) in [6, 6.07) is 1.29. The highest BCUT2D eigenvalue weighted by atomic mass is 35.5. The zero-order valence-electron chi connectivity index (χ0n) is 9.93. The molecule has 15 heavy (non-hydrogen) atoms. The molecule has 1 atom stereocenters. The zero-order chi connectivity index (χ0) is 11.3. The molecule has 1 unspecified atom stereocenters. The van der Waals surface area contributed by atoms with E-state index in [1.54, 1.807) is 0 Å². The van der Waals surface area contributed by atoms with Crippen LogP contribution in [0.2, 0.25) is 0 Å². The first-order valence-corrected chi connectivity index (χ1v) is 6.28. The van der Waals surface area contributed by atoms with E-state index in [0.29, 0.717) is 17.1 Å². The monoisotopic (exact) mass is 230 g/mol.